The van der Waals surface area contributed by atoms with Crippen LogP contribution in [0.15, 0.2) is 42.7 Å². The van der Waals surface area contributed by atoms with Crippen LogP contribution in [-0.2, 0) is 0 Å². The lowest BCUT2D eigenvalue weighted by Crippen LogP contribution is -1.92. The third kappa shape index (κ3) is 1.65. The van der Waals surface area contributed by atoms with E-state index < -0.39 is 0 Å². The average molecular weight is 184 g/mol. The van der Waals surface area contributed by atoms with E-state index >= 15 is 0 Å². The Bertz CT molecular complexity index is 455. The van der Waals surface area contributed by atoms with Crippen LogP contribution < -0.4 is 5.73 Å². The lowest BCUT2D eigenvalue weighted by Gasteiger charge is -2.00. The Morgan fingerprint density at radius 2 is 2.21 bits per heavy atom. The first-order chi connectivity index (χ1) is 6.92. The fourth-order valence-electron chi connectivity index (χ4n) is 1.48. The summed E-state index contributed by atoms with van der Waals surface area (Å²) in [7, 11) is 0. The molecule has 70 valence electrons. The van der Waals surface area contributed by atoms with Crippen LogP contribution in [0.25, 0.3) is 16.8 Å². The maximum absolute atomic E-state index is 5.42. The molecule has 14 heavy (non-hydrogen) atoms. The SMILES string of the molecule is NC/C=C/c1cccc2ccncc12. The number of nitrogens with two attached hydrogens (primary N) is 1. The van der Waals surface area contributed by atoms with E-state index in [1.807, 2.05) is 30.5 Å². The summed E-state index contributed by atoms with van der Waals surface area (Å²) in [6.45, 7) is 0.566. The van der Waals surface area contributed by atoms with E-state index in [1.54, 1.807) is 6.20 Å². The van der Waals surface area contributed by atoms with Gasteiger partial charge in [0.25, 0.3) is 0 Å². The summed E-state index contributed by atoms with van der Waals surface area (Å²) < 4.78 is 0. The fraction of sp³-hybridized carbons (Fsp3) is 0.0833. The van der Waals surface area contributed by atoms with Gasteiger partial charge in [-0.25, -0.2) is 0 Å². The first-order valence-electron chi connectivity index (χ1n) is 4.61. The van der Waals surface area contributed by atoms with Gasteiger partial charge in [-0.3, -0.25) is 4.98 Å². The van der Waals surface area contributed by atoms with Gasteiger partial charge in [-0.05, 0) is 17.0 Å². The normalized spacial score (nSPS) is 11.2. The van der Waals surface area contributed by atoms with Crippen LogP contribution in [0.4, 0.5) is 0 Å². The topological polar surface area (TPSA) is 38.9 Å². The molecule has 0 amide bonds. The Morgan fingerprint density at radius 1 is 1.29 bits per heavy atom. The van der Waals surface area contributed by atoms with Gasteiger partial charge in [0.15, 0.2) is 0 Å². The number of pyridine rings is 1. The Labute approximate surface area is 83.1 Å². The summed E-state index contributed by atoms with van der Waals surface area (Å²) in [5.41, 5.74) is 6.59. The molecule has 0 fully saturated rings. The summed E-state index contributed by atoms with van der Waals surface area (Å²) in [6, 6.07) is 8.20. The molecule has 1 aromatic heterocycles. The quantitative estimate of drug-likeness (QED) is 0.777. The average Bonchev–Trinajstić information content (AvgIpc) is 2.26. The van der Waals surface area contributed by atoms with Gasteiger partial charge in [-0.15, -0.1) is 0 Å². The molecule has 2 rings (SSSR count). The summed E-state index contributed by atoms with van der Waals surface area (Å²) in [6.07, 6.45) is 7.66. The van der Waals surface area contributed by atoms with Gasteiger partial charge in [0, 0.05) is 24.3 Å². The van der Waals surface area contributed by atoms with E-state index in [1.165, 1.54) is 16.3 Å². The molecule has 0 aliphatic carbocycles. The van der Waals surface area contributed by atoms with E-state index in [2.05, 4.69) is 17.1 Å². The zero-order valence-electron chi connectivity index (χ0n) is 7.85. The summed E-state index contributed by atoms with van der Waals surface area (Å²) in [4.78, 5) is 4.12. The smallest absolute Gasteiger partial charge is 0.0352 e. The summed E-state index contributed by atoms with van der Waals surface area (Å²) in [5.74, 6) is 0. The van der Waals surface area contributed by atoms with E-state index in [-0.39, 0.29) is 0 Å². The zero-order valence-corrected chi connectivity index (χ0v) is 7.85. The Balaban J connectivity index is 2.59. The van der Waals surface area contributed by atoms with Gasteiger partial charge in [-0.2, -0.15) is 0 Å². The largest absolute Gasteiger partial charge is 0.327 e. The molecular formula is C12H12N2. The van der Waals surface area contributed by atoms with Crippen LogP contribution in [0, 0.1) is 0 Å². The molecule has 0 radical (unpaired) electrons. The molecule has 2 heteroatoms. The molecule has 2 N–H and O–H groups in total. The lowest BCUT2D eigenvalue weighted by atomic mass is 10.1. The highest BCUT2D eigenvalue weighted by molar-refractivity contribution is 5.89. The number of rotatable bonds is 2. The molecule has 2 nitrogen and oxygen atoms in total. The van der Waals surface area contributed by atoms with Crippen LogP contribution in [0.3, 0.4) is 0 Å². The van der Waals surface area contributed by atoms with Crippen LogP contribution >= 0.6 is 0 Å². The number of benzene rings is 1. The van der Waals surface area contributed by atoms with Crippen LogP contribution in [-0.4, -0.2) is 11.5 Å². The lowest BCUT2D eigenvalue weighted by molar-refractivity contribution is 1.26. The van der Waals surface area contributed by atoms with Crippen molar-refractivity contribution in [2.24, 2.45) is 5.73 Å². The molecule has 1 aromatic carbocycles. The second kappa shape index (κ2) is 4.03. The molecule has 1 heterocycles. The monoisotopic (exact) mass is 184 g/mol. The van der Waals surface area contributed by atoms with E-state index in [0.717, 1.165) is 0 Å². The van der Waals surface area contributed by atoms with Gasteiger partial charge < -0.3 is 5.73 Å². The van der Waals surface area contributed by atoms with Crippen molar-refractivity contribution >= 4 is 16.8 Å². The number of hydrogen-bond acceptors (Lipinski definition) is 2. The predicted molar refractivity (Wildman–Crippen MR) is 59.8 cm³/mol. The van der Waals surface area contributed by atoms with Crippen LogP contribution in [0.1, 0.15) is 5.56 Å². The molecule has 2 aromatic rings. The van der Waals surface area contributed by atoms with Crippen molar-refractivity contribution in [1.29, 1.82) is 0 Å². The Kier molecular flexibility index (Phi) is 2.56. The molecule has 0 aliphatic rings. The molecule has 0 bridgehead atoms. The highest BCUT2D eigenvalue weighted by Gasteiger charge is 1.95. The van der Waals surface area contributed by atoms with E-state index in [0.29, 0.717) is 6.54 Å². The first-order valence-corrected chi connectivity index (χ1v) is 4.61. The second-order valence-corrected chi connectivity index (χ2v) is 3.08. The maximum atomic E-state index is 5.42. The third-order valence-electron chi connectivity index (χ3n) is 2.15. The molecule has 0 spiro atoms. The van der Waals surface area contributed by atoms with Gasteiger partial charge in [0.05, 0.1) is 0 Å². The molecular weight excluding hydrogens is 172 g/mol. The maximum Gasteiger partial charge on any atom is 0.0352 e. The number of nitrogens with zero attached hydrogens (tertiary/aromatic N) is 1. The van der Waals surface area contributed by atoms with E-state index in [4.69, 9.17) is 5.73 Å². The molecule has 0 aliphatic heterocycles. The van der Waals surface area contributed by atoms with Crippen molar-refractivity contribution in [3.8, 4) is 0 Å². The minimum absolute atomic E-state index is 0.566. The van der Waals surface area contributed by atoms with Crippen LogP contribution in [0.2, 0.25) is 0 Å². The van der Waals surface area contributed by atoms with Gasteiger partial charge in [-0.1, -0.05) is 30.4 Å². The van der Waals surface area contributed by atoms with Gasteiger partial charge >= 0.3 is 0 Å². The van der Waals surface area contributed by atoms with Crippen molar-refractivity contribution in [3.05, 3.63) is 48.3 Å². The van der Waals surface area contributed by atoms with Crippen LogP contribution in [0.5, 0.6) is 0 Å². The first kappa shape index (κ1) is 8.91. The van der Waals surface area contributed by atoms with Crippen molar-refractivity contribution in [3.63, 3.8) is 0 Å². The molecule has 0 atom stereocenters. The molecule has 0 saturated carbocycles. The van der Waals surface area contributed by atoms with Crippen molar-refractivity contribution in [2.45, 2.75) is 0 Å². The number of fused-ring (bicyclic) bond motifs is 1. The summed E-state index contributed by atoms with van der Waals surface area (Å²) in [5, 5.41) is 2.37. The highest BCUT2D eigenvalue weighted by Crippen LogP contribution is 2.18. The number of hydrogen-bond donors (Lipinski definition) is 1. The van der Waals surface area contributed by atoms with Crippen molar-refractivity contribution in [2.75, 3.05) is 6.54 Å². The Hall–Kier alpha value is -1.67. The zero-order chi connectivity index (χ0) is 9.80. The summed E-state index contributed by atoms with van der Waals surface area (Å²) >= 11 is 0. The van der Waals surface area contributed by atoms with Gasteiger partial charge in [0.2, 0.25) is 0 Å². The molecule has 0 saturated heterocycles. The standard InChI is InChI=1S/C12H12N2/c13-7-2-5-10-3-1-4-11-6-8-14-9-12(10)11/h1-6,8-9H,7,13H2/b5-2+. The highest BCUT2D eigenvalue weighted by atomic mass is 14.6. The minimum atomic E-state index is 0.566. The fourth-order valence-corrected chi connectivity index (χ4v) is 1.48. The minimum Gasteiger partial charge on any atom is -0.327 e. The Morgan fingerprint density at radius 3 is 3.07 bits per heavy atom. The third-order valence-corrected chi connectivity index (χ3v) is 2.15. The van der Waals surface area contributed by atoms with Gasteiger partial charge in [0.1, 0.15) is 0 Å². The number of aromatic nitrogens is 1. The van der Waals surface area contributed by atoms with Crippen molar-refractivity contribution in [1.82, 2.24) is 4.98 Å². The second-order valence-electron chi connectivity index (χ2n) is 3.08. The predicted octanol–water partition coefficient (Wildman–Crippen LogP) is 2.21. The van der Waals surface area contributed by atoms with E-state index in [9.17, 15) is 0 Å². The van der Waals surface area contributed by atoms with Crippen molar-refractivity contribution < 1.29 is 0 Å². The molecule has 0 unspecified atom stereocenters.